The molecule has 0 saturated carbocycles. The summed E-state index contributed by atoms with van der Waals surface area (Å²) >= 11 is 3.34. The first-order valence-electron chi connectivity index (χ1n) is 7.41. The zero-order valence-corrected chi connectivity index (χ0v) is 14.4. The zero-order valence-electron chi connectivity index (χ0n) is 12.8. The predicted molar refractivity (Wildman–Crippen MR) is 94.7 cm³/mol. The minimum Gasteiger partial charge on any atom is -0.393 e. The fourth-order valence-electron chi connectivity index (χ4n) is 2.34. The van der Waals surface area contributed by atoms with E-state index in [-0.39, 0.29) is 5.91 Å². The van der Waals surface area contributed by atoms with Crippen LogP contribution in [0.2, 0.25) is 0 Å². The molecular formula is C15H17BrN6O2. The highest BCUT2D eigenvalue weighted by Crippen LogP contribution is 2.26. The van der Waals surface area contributed by atoms with Crippen molar-refractivity contribution >= 4 is 39.2 Å². The molecule has 3 rings (SSSR count). The average Bonchev–Trinajstić information content (AvgIpc) is 2.62. The number of carbonyl (C=O) groups is 1. The molecule has 2 heterocycles. The van der Waals surface area contributed by atoms with Gasteiger partial charge < -0.3 is 15.4 Å². The van der Waals surface area contributed by atoms with Crippen LogP contribution >= 0.6 is 15.9 Å². The first-order valence-corrected chi connectivity index (χ1v) is 8.20. The van der Waals surface area contributed by atoms with E-state index in [9.17, 15) is 4.79 Å². The number of hydrogen-bond donors (Lipinski definition) is 3. The lowest BCUT2D eigenvalue weighted by Crippen LogP contribution is -2.37. The van der Waals surface area contributed by atoms with Crippen molar-refractivity contribution in [2.75, 3.05) is 42.4 Å². The van der Waals surface area contributed by atoms with Crippen LogP contribution in [0.5, 0.6) is 0 Å². The number of morpholine rings is 1. The van der Waals surface area contributed by atoms with Gasteiger partial charge in [-0.05, 0) is 28.1 Å². The van der Waals surface area contributed by atoms with Crippen LogP contribution in [0.4, 0.5) is 17.3 Å². The Balaban J connectivity index is 1.71. The zero-order chi connectivity index (χ0) is 16.9. The van der Waals surface area contributed by atoms with Crippen LogP contribution in [-0.2, 0) is 4.74 Å². The van der Waals surface area contributed by atoms with Gasteiger partial charge in [0.2, 0.25) is 0 Å². The molecule has 1 fully saturated rings. The molecule has 126 valence electrons. The monoisotopic (exact) mass is 392 g/mol. The third-order valence-corrected chi connectivity index (χ3v) is 4.28. The number of hydrazine groups is 1. The Hall–Kier alpha value is -2.39. The van der Waals surface area contributed by atoms with Crippen LogP contribution in [0, 0.1) is 0 Å². The van der Waals surface area contributed by atoms with Crippen molar-refractivity contribution in [3.05, 3.63) is 40.6 Å². The number of nitrogens with one attached hydrogen (secondary N) is 2. The Morgan fingerprint density at radius 1 is 1.25 bits per heavy atom. The van der Waals surface area contributed by atoms with Gasteiger partial charge >= 0.3 is 0 Å². The van der Waals surface area contributed by atoms with Gasteiger partial charge in [0.05, 0.1) is 18.8 Å². The highest BCUT2D eigenvalue weighted by atomic mass is 79.9. The van der Waals surface area contributed by atoms with Crippen molar-refractivity contribution in [1.29, 1.82) is 0 Å². The lowest BCUT2D eigenvalue weighted by atomic mass is 10.2. The number of halogens is 1. The average molecular weight is 393 g/mol. The summed E-state index contributed by atoms with van der Waals surface area (Å²) in [5.74, 6) is 0.686. The summed E-state index contributed by atoms with van der Waals surface area (Å²) < 4.78 is 6.03. The van der Waals surface area contributed by atoms with Crippen molar-refractivity contribution in [3.63, 3.8) is 0 Å². The lowest BCUT2D eigenvalue weighted by molar-refractivity contribution is 0.0961. The third kappa shape index (κ3) is 3.57. The van der Waals surface area contributed by atoms with Crippen molar-refractivity contribution in [2.45, 2.75) is 0 Å². The van der Waals surface area contributed by atoms with Gasteiger partial charge in [0.25, 0.3) is 5.91 Å². The van der Waals surface area contributed by atoms with E-state index < -0.39 is 0 Å². The lowest BCUT2D eigenvalue weighted by Gasteiger charge is -2.28. The fraction of sp³-hybridized carbons (Fsp3) is 0.267. The van der Waals surface area contributed by atoms with Gasteiger partial charge in [-0.15, -0.1) is 0 Å². The summed E-state index contributed by atoms with van der Waals surface area (Å²) in [5.41, 5.74) is 12.4. The Morgan fingerprint density at radius 2 is 2.00 bits per heavy atom. The summed E-state index contributed by atoms with van der Waals surface area (Å²) in [5, 5.41) is 0. The van der Waals surface area contributed by atoms with Crippen LogP contribution < -0.4 is 21.5 Å². The summed E-state index contributed by atoms with van der Waals surface area (Å²) in [6, 6.07) is 7.13. The molecule has 0 radical (unpaired) electrons. The van der Waals surface area contributed by atoms with Crippen LogP contribution in [0.15, 0.2) is 35.1 Å². The highest BCUT2D eigenvalue weighted by Gasteiger charge is 2.18. The maximum atomic E-state index is 12.2. The van der Waals surface area contributed by atoms with Gasteiger partial charge in [-0.25, -0.2) is 9.97 Å². The van der Waals surface area contributed by atoms with Gasteiger partial charge in [-0.1, -0.05) is 12.1 Å². The van der Waals surface area contributed by atoms with Gasteiger partial charge in [0.1, 0.15) is 12.0 Å². The molecule has 1 aliphatic heterocycles. The molecular weight excluding hydrogens is 376 g/mol. The maximum absolute atomic E-state index is 12.2. The van der Waals surface area contributed by atoms with E-state index >= 15 is 0 Å². The van der Waals surface area contributed by atoms with E-state index in [0.717, 1.165) is 0 Å². The third-order valence-electron chi connectivity index (χ3n) is 3.59. The van der Waals surface area contributed by atoms with E-state index in [2.05, 4.69) is 36.7 Å². The van der Waals surface area contributed by atoms with Crippen molar-refractivity contribution in [1.82, 2.24) is 15.4 Å². The molecule has 1 saturated heterocycles. The number of aromatic nitrogens is 2. The second-order valence-corrected chi connectivity index (χ2v) is 5.97. The van der Waals surface area contributed by atoms with Crippen molar-refractivity contribution in [3.8, 4) is 0 Å². The molecule has 1 aromatic carbocycles. The SMILES string of the molecule is Nc1c(NNC(=O)c2ccccc2Br)ncnc1N1CCOCC1. The topological polar surface area (TPSA) is 105 Å². The molecule has 0 aliphatic carbocycles. The Morgan fingerprint density at radius 3 is 2.75 bits per heavy atom. The number of benzene rings is 1. The molecule has 9 heteroatoms. The first-order chi connectivity index (χ1) is 11.7. The summed E-state index contributed by atoms with van der Waals surface area (Å²) in [6.07, 6.45) is 1.41. The minimum absolute atomic E-state index is 0.298. The number of nitrogens with zero attached hydrogens (tertiary/aromatic N) is 3. The minimum atomic E-state index is -0.298. The predicted octanol–water partition coefficient (Wildman–Crippen LogP) is 1.41. The van der Waals surface area contributed by atoms with Crippen molar-refractivity contribution in [2.24, 2.45) is 0 Å². The van der Waals surface area contributed by atoms with Gasteiger partial charge in [-0.2, -0.15) is 0 Å². The normalized spacial score (nSPS) is 14.3. The van der Waals surface area contributed by atoms with Crippen molar-refractivity contribution < 1.29 is 9.53 Å². The fourth-order valence-corrected chi connectivity index (χ4v) is 2.81. The van der Waals surface area contributed by atoms with Crippen LogP contribution in [0.25, 0.3) is 0 Å². The summed E-state index contributed by atoms with van der Waals surface area (Å²) in [6.45, 7) is 2.68. The molecule has 8 nitrogen and oxygen atoms in total. The molecule has 0 unspecified atom stereocenters. The number of ether oxygens (including phenoxy) is 1. The molecule has 2 aromatic rings. The highest BCUT2D eigenvalue weighted by molar-refractivity contribution is 9.10. The van der Waals surface area contributed by atoms with E-state index in [1.807, 2.05) is 11.0 Å². The van der Waals surface area contributed by atoms with E-state index in [4.69, 9.17) is 10.5 Å². The number of rotatable bonds is 4. The molecule has 0 bridgehead atoms. The number of amides is 1. The number of anilines is 3. The van der Waals surface area contributed by atoms with Gasteiger partial charge in [0.15, 0.2) is 11.6 Å². The number of carbonyl (C=O) groups excluding carboxylic acids is 1. The quantitative estimate of drug-likeness (QED) is 0.675. The van der Waals surface area contributed by atoms with Crippen LogP contribution in [0.1, 0.15) is 10.4 Å². The maximum Gasteiger partial charge on any atom is 0.270 e. The molecule has 24 heavy (non-hydrogen) atoms. The molecule has 1 aliphatic rings. The number of nitrogen functional groups attached to an aromatic ring is 1. The van der Waals surface area contributed by atoms with Gasteiger partial charge in [0, 0.05) is 17.6 Å². The number of nitrogens with two attached hydrogens (primary N) is 1. The second kappa shape index (κ2) is 7.45. The van der Waals surface area contributed by atoms with Crippen LogP contribution in [0.3, 0.4) is 0 Å². The Bertz CT molecular complexity index is 736. The summed E-state index contributed by atoms with van der Waals surface area (Å²) in [4.78, 5) is 22.6. The van der Waals surface area contributed by atoms with E-state index in [1.54, 1.807) is 18.2 Å². The largest absolute Gasteiger partial charge is 0.393 e. The Kier molecular flexibility index (Phi) is 5.11. The summed E-state index contributed by atoms with van der Waals surface area (Å²) in [7, 11) is 0. The standard InChI is InChI=1S/C15H17BrN6O2/c16-11-4-2-1-3-10(11)15(23)21-20-13-12(17)14(19-9-18-13)22-5-7-24-8-6-22/h1-4,9H,5-8,17H2,(H,21,23)(H,18,19,20). The molecule has 0 atom stereocenters. The number of hydrogen-bond acceptors (Lipinski definition) is 7. The molecule has 0 spiro atoms. The van der Waals surface area contributed by atoms with Crippen LogP contribution in [-0.4, -0.2) is 42.2 Å². The van der Waals surface area contributed by atoms with Gasteiger partial charge in [-0.3, -0.25) is 15.6 Å². The smallest absolute Gasteiger partial charge is 0.270 e. The van der Waals surface area contributed by atoms with E-state index in [0.29, 0.717) is 53.7 Å². The molecule has 4 N–H and O–H groups in total. The Labute approximate surface area is 147 Å². The van der Waals surface area contributed by atoms with E-state index in [1.165, 1.54) is 6.33 Å². The molecule has 1 amide bonds. The second-order valence-electron chi connectivity index (χ2n) is 5.12. The first kappa shape index (κ1) is 16.5. The molecule has 1 aromatic heterocycles.